The summed E-state index contributed by atoms with van der Waals surface area (Å²) >= 11 is 3.41. The van der Waals surface area contributed by atoms with E-state index in [1.165, 1.54) is 0 Å². The van der Waals surface area contributed by atoms with E-state index in [1.807, 2.05) is 26.0 Å². The second kappa shape index (κ2) is 9.08. The molecule has 2 aromatic rings. The maximum Gasteiger partial charge on any atom is 0.251 e. The number of nitrogens with zero attached hydrogens (tertiary/aromatic N) is 2. The van der Waals surface area contributed by atoms with Gasteiger partial charge in [0.15, 0.2) is 6.29 Å². The largest absolute Gasteiger partial charge is 0.371 e. The Morgan fingerprint density at radius 1 is 1.12 bits per heavy atom. The number of anilines is 3. The quantitative estimate of drug-likeness (QED) is 0.578. The highest BCUT2D eigenvalue weighted by Gasteiger charge is 2.46. The molecule has 0 spiro atoms. The smallest absolute Gasteiger partial charge is 0.251 e. The molecule has 0 radical (unpaired) electrons. The fourth-order valence-electron chi connectivity index (χ4n) is 5.01. The van der Waals surface area contributed by atoms with E-state index in [9.17, 15) is 9.59 Å². The van der Waals surface area contributed by atoms with Gasteiger partial charge in [-0.25, -0.2) is 0 Å². The Kier molecular flexibility index (Phi) is 6.53. The zero-order valence-electron chi connectivity index (χ0n) is 19.4. The number of carbonyl (C=O) groups excluding carboxylic acids is 2. The molecule has 7 nitrogen and oxygen atoms in total. The number of piperidine rings is 1. The van der Waals surface area contributed by atoms with Gasteiger partial charge in [-0.3, -0.25) is 14.5 Å². The lowest BCUT2D eigenvalue weighted by molar-refractivity contribution is -0.141. The van der Waals surface area contributed by atoms with Gasteiger partial charge in [0.1, 0.15) is 0 Å². The first-order valence-corrected chi connectivity index (χ1v) is 11.9. The van der Waals surface area contributed by atoms with Crippen LogP contribution < -0.4 is 15.5 Å². The molecular weight excluding hydrogens is 486 g/mol. The number of ether oxygens (including phenoxy) is 2. The molecule has 2 aliphatic heterocycles. The van der Waals surface area contributed by atoms with E-state index in [4.69, 9.17) is 15.2 Å². The van der Waals surface area contributed by atoms with Crippen LogP contribution in [0.25, 0.3) is 0 Å². The Labute approximate surface area is 202 Å². The van der Waals surface area contributed by atoms with E-state index in [2.05, 4.69) is 26.9 Å². The molecular formula is C25H30BrN3O4. The summed E-state index contributed by atoms with van der Waals surface area (Å²) in [7, 11) is 3.36. The van der Waals surface area contributed by atoms with Crippen molar-refractivity contribution in [3.8, 4) is 0 Å². The van der Waals surface area contributed by atoms with Gasteiger partial charge in [0, 0.05) is 43.4 Å². The molecule has 0 saturated carbocycles. The fourth-order valence-corrected chi connectivity index (χ4v) is 5.56. The van der Waals surface area contributed by atoms with E-state index in [-0.39, 0.29) is 12.2 Å². The van der Waals surface area contributed by atoms with Crippen LogP contribution >= 0.6 is 15.9 Å². The number of benzene rings is 2. The highest BCUT2D eigenvalue weighted by molar-refractivity contribution is 9.10. The first kappa shape index (κ1) is 23.7. The highest BCUT2D eigenvalue weighted by atomic mass is 79.9. The zero-order valence-corrected chi connectivity index (χ0v) is 21.0. The second-order valence-electron chi connectivity index (χ2n) is 9.13. The number of fused-ring (bicyclic) bond motifs is 1. The topological polar surface area (TPSA) is 85.1 Å². The van der Waals surface area contributed by atoms with Gasteiger partial charge < -0.3 is 20.1 Å². The monoisotopic (exact) mass is 515 g/mol. The third-order valence-corrected chi connectivity index (χ3v) is 7.53. The summed E-state index contributed by atoms with van der Waals surface area (Å²) in [5.74, 6) is -0.304. The average molecular weight is 516 g/mol. The van der Waals surface area contributed by atoms with Gasteiger partial charge in [-0.05, 0) is 78.5 Å². The summed E-state index contributed by atoms with van der Waals surface area (Å²) in [6.07, 6.45) is 1.76. The van der Waals surface area contributed by atoms with Crippen LogP contribution in [0.2, 0.25) is 0 Å². The SMILES string of the molecule is COC(OC)C1CCN(c2ccc3c(c2)C(C)(C)C(=O)N3c2cccc(Br)c2C(N)=O)CC1. The number of primary amides is 1. The van der Waals surface area contributed by atoms with Crippen LogP contribution in [0.15, 0.2) is 40.9 Å². The molecule has 8 heteroatoms. The number of rotatable bonds is 6. The molecule has 2 aliphatic rings. The van der Waals surface area contributed by atoms with E-state index in [0.29, 0.717) is 21.6 Å². The van der Waals surface area contributed by atoms with Gasteiger partial charge in [0.2, 0.25) is 5.91 Å². The van der Waals surface area contributed by atoms with Gasteiger partial charge in [-0.15, -0.1) is 0 Å². The van der Waals surface area contributed by atoms with Crippen molar-refractivity contribution in [2.24, 2.45) is 11.7 Å². The second-order valence-corrected chi connectivity index (χ2v) is 9.98. The van der Waals surface area contributed by atoms with Gasteiger partial charge in [0.25, 0.3) is 5.91 Å². The molecule has 0 aromatic heterocycles. The minimum absolute atomic E-state index is 0.0861. The number of amides is 2. The zero-order chi connectivity index (χ0) is 23.9. The van der Waals surface area contributed by atoms with Crippen LogP contribution in [0.5, 0.6) is 0 Å². The summed E-state index contributed by atoms with van der Waals surface area (Å²) < 4.78 is 11.5. The fraction of sp³-hybridized carbons (Fsp3) is 0.440. The summed E-state index contributed by atoms with van der Waals surface area (Å²) in [6.45, 7) is 5.63. The highest BCUT2D eigenvalue weighted by Crippen LogP contribution is 2.48. The molecule has 176 valence electrons. The molecule has 2 aromatic carbocycles. The molecule has 4 rings (SSSR count). The third-order valence-electron chi connectivity index (χ3n) is 6.87. The lowest BCUT2D eigenvalue weighted by Crippen LogP contribution is -2.39. The van der Waals surface area contributed by atoms with Gasteiger partial charge in [-0.1, -0.05) is 6.07 Å². The average Bonchev–Trinajstić information content (AvgIpc) is 2.99. The summed E-state index contributed by atoms with van der Waals surface area (Å²) in [4.78, 5) is 29.7. The number of nitrogens with two attached hydrogens (primary N) is 1. The number of halogens is 1. The van der Waals surface area contributed by atoms with Crippen molar-refractivity contribution in [3.63, 3.8) is 0 Å². The molecule has 2 amide bonds. The van der Waals surface area contributed by atoms with Crippen molar-refractivity contribution in [2.45, 2.75) is 38.4 Å². The molecule has 33 heavy (non-hydrogen) atoms. The van der Waals surface area contributed by atoms with Crippen LogP contribution in [0.1, 0.15) is 42.6 Å². The van der Waals surface area contributed by atoms with Crippen LogP contribution in [0, 0.1) is 5.92 Å². The summed E-state index contributed by atoms with van der Waals surface area (Å²) in [5.41, 5.74) is 8.52. The minimum atomic E-state index is -0.738. The lowest BCUT2D eigenvalue weighted by Gasteiger charge is -2.36. The first-order chi connectivity index (χ1) is 15.7. The standard InChI is InChI=1S/C25H30BrN3O4/c1-25(2)17-14-16(28-12-10-15(11-13-28)23(32-3)33-4)8-9-19(17)29(24(25)31)20-7-5-6-18(26)21(20)22(27)30/h5-9,14-15,23H,10-13H2,1-4H3,(H2,27,30). The number of carbonyl (C=O) groups is 2. The summed E-state index contributed by atoms with van der Waals surface area (Å²) in [5, 5.41) is 0. The van der Waals surface area contributed by atoms with Crippen molar-refractivity contribution in [1.29, 1.82) is 0 Å². The molecule has 0 bridgehead atoms. The predicted molar refractivity (Wildman–Crippen MR) is 132 cm³/mol. The maximum atomic E-state index is 13.6. The van der Waals surface area contributed by atoms with Crippen molar-refractivity contribution in [3.05, 3.63) is 52.0 Å². The van der Waals surface area contributed by atoms with Crippen LogP contribution in [-0.2, 0) is 19.7 Å². The van der Waals surface area contributed by atoms with Crippen LogP contribution in [-0.4, -0.2) is 45.4 Å². The molecule has 1 saturated heterocycles. The Morgan fingerprint density at radius 3 is 2.39 bits per heavy atom. The van der Waals surface area contributed by atoms with Crippen molar-refractivity contribution in [2.75, 3.05) is 37.1 Å². The van der Waals surface area contributed by atoms with E-state index in [0.717, 1.165) is 42.9 Å². The number of methoxy groups -OCH3 is 2. The molecule has 0 unspecified atom stereocenters. The Hall–Kier alpha value is -2.42. The molecule has 1 fully saturated rings. The van der Waals surface area contributed by atoms with E-state index in [1.54, 1.807) is 37.3 Å². The normalized spacial score (nSPS) is 18.2. The molecule has 2 N–H and O–H groups in total. The van der Waals surface area contributed by atoms with Crippen molar-refractivity contribution >= 4 is 44.8 Å². The minimum Gasteiger partial charge on any atom is -0.371 e. The van der Waals surface area contributed by atoms with Crippen LogP contribution in [0.3, 0.4) is 0 Å². The lowest BCUT2D eigenvalue weighted by atomic mass is 9.85. The number of hydrogen-bond donors (Lipinski definition) is 1. The molecule has 0 atom stereocenters. The number of hydrogen-bond acceptors (Lipinski definition) is 5. The Balaban J connectivity index is 1.68. The van der Waals surface area contributed by atoms with Crippen molar-refractivity contribution in [1.82, 2.24) is 0 Å². The Morgan fingerprint density at radius 2 is 1.79 bits per heavy atom. The van der Waals surface area contributed by atoms with Gasteiger partial charge >= 0.3 is 0 Å². The first-order valence-electron chi connectivity index (χ1n) is 11.1. The van der Waals surface area contributed by atoms with E-state index >= 15 is 0 Å². The van der Waals surface area contributed by atoms with Crippen molar-refractivity contribution < 1.29 is 19.1 Å². The maximum absolute atomic E-state index is 13.6. The summed E-state index contributed by atoms with van der Waals surface area (Å²) in [6, 6.07) is 11.4. The predicted octanol–water partition coefficient (Wildman–Crippen LogP) is 4.34. The molecule has 0 aliphatic carbocycles. The van der Waals surface area contributed by atoms with E-state index < -0.39 is 11.3 Å². The third kappa shape index (κ3) is 4.05. The van der Waals surface area contributed by atoms with Gasteiger partial charge in [0.05, 0.1) is 22.4 Å². The van der Waals surface area contributed by atoms with Crippen LogP contribution in [0.4, 0.5) is 17.1 Å². The van der Waals surface area contributed by atoms with Gasteiger partial charge in [-0.2, -0.15) is 0 Å². The Bertz CT molecular complexity index is 1080. The molecule has 2 heterocycles.